The van der Waals surface area contributed by atoms with E-state index in [1.54, 1.807) is 0 Å². The molecule has 2 aliphatic rings. The van der Waals surface area contributed by atoms with Crippen molar-refractivity contribution in [3.63, 3.8) is 0 Å². The van der Waals surface area contributed by atoms with E-state index in [4.69, 9.17) is 10.5 Å². The largest absolute Gasteiger partial charge is 0.380 e. The highest BCUT2D eigenvalue weighted by Gasteiger charge is 2.33. The molecule has 2 fully saturated rings. The Morgan fingerprint density at radius 3 is 2.61 bits per heavy atom. The molecule has 0 aliphatic carbocycles. The number of hydrogen-bond donors (Lipinski definition) is 1. The monoisotopic (exact) mass is 343 g/mol. The van der Waals surface area contributed by atoms with Crippen LogP contribution in [-0.4, -0.2) is 63.1 Å². The summed E-state index contributed by atoms with van der Waals surface area (Å²) in [6.07, 6.45) is 0.994. The third-order valence-electron chi connectivity index (χ3n) is 4.56. The van der Waals surface area contributed by atoms with Crippen molar-refractivity contribution in [1.29, 1.82) is 0 Å². The maximum Gasteiger partial charge on any atom is 0.243 e. The molecule has 0 bridgehead atoms. The molecule has 0 unspecified atom stereocenters. The fourth-order valence-electron chi connectivity index (χ4n) is 3.20. The molecule has 1 aromatic rings. The van der Waals surface area contributed by atoms with E-state index < -0.39 is 15.8 Å². The van der Waals surface area contributed by atoms with Gasteiger partial charge >= 0.3 is 0 Å². The van der Waals surface area contributed by atoms with Crippen molar-refractivity contribution in [2.45, 2.75) is 23.9 Å². The highest BCUT2D eigenvalue weighted by Crippen LogP contribution is 2.24. The zero-order chi connectivity index (χ0) is 16.4. The van der Waals surface area contributed by atoms with Crippen LogP contribution in [0.25, 0.3) is 0 Å². The number of halogens is 1. The summed E-state index contributed by atoms with van der Waals surface area (Å²) in [5, 5.41) is 0. The summed E-state index contributed by atoms with van der Waals surface area (Å²) in [4.78, 5) is 2.26. The van der Waals surface area contributed by atoms with Gasteiger partial charge in [-0.25, -0.2) is 12.8 Å². The summed E-state index contributed by atoms with van der Waals surface area (Å²) < 4.78 is 45.9. The molecule has 1 aromatic carbocycles. The molecule has 2 aliphatic heterocycles. The first kappa shape index (κ1) is 16.8. The van der Waals surface area contributed by atoms with Crippen LogP contribution < -0.4 is 5.73 Å². The summed E-state index contributed by atoms with van der Waals surface area (Å²) in [6.45, 7) is 3.69. The van der Waals surface area contributed by atoms with Gasteiger partial charge in [-0.15, -0.1) is 0 Å². The molecule has 2 N–H and O–H groups in total. The van der Waals surface area contributed by atoms with Crippen LogP contribution >= 0.6 is 0 Å². The van der Waals surface area contributed by atoms with Crippen molar-refractivity contribution in [1.82, 2.24) is 9.21 Å². The predicted molar refractivity (Wildman–Crippen MR) is 83.8 cm³/mol. The third kappa shape index (κ3) is 3.41. The number of ether oxygens (including phenoxy) is 1. The number of benzene rings is 1. The molecular formula is C15H22FN3O3S. The van der Waals surface area contributed by atoms with E-state index in [0.717, 1.165) is 19.1 Å². The van der Waals surface area contributed by atoms with Gasteiger partial charge in [0.05, 0.1) is 11.5 Å². The number of nitrogens with two attached hydrogens (primary N) is 1. The maximum atomic E-state index is 13.5. The van der Waals surface area contributed by atoms with Crippen molar-refractivity contribution in [2.24, 2.45) is 5.73 Å². The van der Waals surface area contributed by atoms with Gasteiger partial charge in [0, 0.05) is 45.4 Å². The molecule has 0 spiro atoms. The molecule has 0 amide bonds. The van der Waals surface area contributed by atoms with Crippen LogP contribution in [0.3, 0.4) is 0 Å². The summed E-state index contributed by atoms with van der Waals surface area (Å²) in [5.74, 6) is -0.567. The number of hydrogen-bond acceptors (Lipinski definition) is 5. The van der Waals surface area contributed by atoms with Crippen molar-refractivity contribution in [3.05, 3.63) is 29.6 Å². The Morgan fingerprint density at radius 2 is 2.00 bits per heavy atom. The topological polar surface area (TPSA) is 75.9 Å². The average molecular weight is 343 g/mol. The lowest BCUT2D eigenvalue weighted by atomic mass is 10.2. The minimum Gasteiger partial charge on any atom is -0.380 e. The zero-order valence-electron chi connectivity index (χ0n) is 12.9. The lowest BCUT2D eigenvalue weighted by molar-refractivity contribution is 0.113. The van der Waals surface area contributed by atoms with Crippen LogP contribution in [0.4, 0.5) is 4.39 Å². The van der Waals surface area contributed by atoms with E-state index in [0.29, 0.717) is 44.4 Å². The highest BCUT2D eigenvalue weighted by atomic mass is 32.2. The number of sulfonamides is 1. The molecule has 2 saturated heterocycles. The van der Waals surface area contributed by atoms with E-state index >= 15 is 0 Å². The zero-order valence-corrected chi connectivity index (χ0v) is 13.8. The quantitative estimate of drug-likeness (QED) is 0.855. The van der Waals surface area contributed by atoms with E-state index in [9.17, 15) is 12.8 Å². The van der Waals surface area contributed by atoms with Gasteiger partial charge < -0.3 is 10.5 Å². The van der Waals surface area contributed by atoms with Crippen LogP contribution in [0.5, 0.6) is 0 Å². The summed E-state index contributed by atoms with van der Waals surface area (Å²) >= 11 is 0. The van der Waals surface area contributed by atoms with Gasteiger partial charge in [-0.05, 0) is 24.1 Å². The standard InChI is InChI=1S/C15H22FN3O3S/c16-13-2-1-12(10-17)15(9-13)23(20,21)19-6-4-18(5-7-19)14-3-8-22-11-14/h1-2,9,14H,3-8,10-11,17H2/t14-/m0/s1. The van der Waals surface area contributed by atoms with Crippen LogP contribution in [0.1, 0.15) is 12.0 Å². The summed E-state index contributed by atoms with van der Waals surface area (Å²) in [5.41, 5.74) is 6.05. The molecule has 8 heteroatoms. The lowest BCUT2D eigenvalue weighted by Gasteiger charge is -2.37. The second-order valence-corrected chi connectivity index (χ2v) is 7.82. The minimum absolute atomic E-state index is 0.0161. The molecular weight excluding hydrogens is 321 g/mol. The summed E-state index contributed by atoms with van der Waals surface area (Å²) in [7, 11) is -3.72. The number of piperazine rings is 1. The SMILES string of the molecule is NCc1ccc(F)cc1S(=O)(=O)N1CCN([C@H]2CCOC2)CC1. The van der Waals surface area contributed by atoms with Crippen molar-refractivity contribution in [2.75, 3.05) is 39.4 Å². The van der Waals surface area contributed by atoms with E-state index in [1.165, 1.54) is 16.4 Å². The van der Waals surface area contributed by atoms with Crippen LogP contribution in [0.2, 0.25) is 0 Å². The first-order valence-corrected chi connectivity index (χ1v) is 9.27. The summed E-state index contributed by atoms with van der Waals surface area (Å²) in [6, 6.07) is 4.12. The van der Waals surface area contributed by atoms with Gasteiger partial charge in [-0.1, -0.05) is 6.07 Å². The van der Waals surface area contributed by atoms with Crippen LogP contribution in [-0.2, 0) is 21.3 Å². The number of nitrogens with zero attached hydrogens (tertiary/aromatic N) is 2. The molecule has 0 aromatic heterocycles. The lowest BCUT2D eigenvalue weighted by Crippen LogP contribution is -2.52. The third-order valence-corrected chi connectivity index (χ3v) is 6.54. The van der Waals surface area contributed by atoms with E-state index in [2.05, 4.69) is 4.90 Å². The average Bonchev–Trinajstić information content (AvgIpc) is 3.09. The Bertz CT molecular complexity index is 654. The van der Waals surface area contributed by atoms with Gasteiger partial charge in [0.2, 0.25) is 10.0 Å². The fraction of sp³-hybridized carbons (Fsp3) is 0.600. The normalized spacial score (nSPS) is 24.2. The Hall–Kier alpha value is -1.06. The molecule has 6 nitrogen and oxygen atoms in total. The van der Waals surface area contributed by atoms with Crippen molar-refractivity contribution < 1.29 is 17.5 Å². The molecule has 1 atom stereocenters. The fourth-order valence-corrected chi connectivity index (χ4v) is 4.86. The highest BCUT2D eigenvalue weighted by molar-refractivity contribution is 7.89. The van der Waals surface area contributed by atoms with Crippen molar-refractivity contribution >= 4 is 10.0 Å². The molecule has 23 heavy (non-hydrogen) atoms. The van der Waals surface area contributed by atoms with Gasteiger partial charge in [0.1, 0.15) is 5.82 Å². The van der Waals surface area contributed by atoms with Gasteiger partial charge in [-0.3, -0.25) is 4.90 Å². The Kier molecular flexibility index (Phi) is 4.98. The van der Waals surface area contributed by atoms with Gasteiger partial charge in [-0.2, -0.15) is 4.31 Å². The minimum atomic E-state index is -3.72. The van der Waals surface area contributed by atoms with E-state index in [-0.39, 0.29) is 11.4 Å². The smallest absolute Gasteiger partial charge is 0.243 e. The van der Waals surface area contributed by atoms with Crippen molar-refractivity contribution in [3.8, 4) is 0 Å². The second-order valence-electron chi connectivity index (χ2n) is 5.91. The Balaban J connectivity index is 1.75. The van der Waals surface area contributed by atoms with Crippen LogP contribution in [0.15, 0.2) is 23.1 Å². The van der Waals surface area contributed by atoms with Crippen LogP contribution in [0, 0.1) is 5.82 Å². The Morgan fingerprint density at radius 1 is 1.26 bits per heavy atom. The first-order chi connectivity index (χ1) is 11.0. The molecule has 3 rings (SSSR count). The van der Waals surface area contributed by atoms with Gasteiger partial charge in [0.25, 0.3) is 0 Å². The molecule has 0 saturated carbocycles. The maximum absolute atomic E-state index is 13.5. The van der Waals surface area contributed by atoms with E-state index in [1.807, 2.05) is 0 Å². The molecule has 128 valence electrons. The first-order valence-electron chi connectivity index (χ1n) is 7.83. The Labute approximate surface area is 136 Å². The predicted octanol–water partition coefficient (Wildman–Crippen LogP) is 0.380. The van der Waals surface area contributed by atoms with Gasteiger partial charge in [0.15, 0.2) is 0 Å². The molecule has 0 radical (unpaired) electrons. The number of rotatable bonds is 4. The molecule has 2 heterocycles. The second kappa shape index (κ2) is 6.82.